The van der Waals surface area contributed by atoms with Crippen LogP contribution < -0.4 is 14.8 Å². The molecule has 160 valence electrons. The number of fused-ring (bicyclic) bond motifs is 4. The molecule has 31 heavy (non-hydrogen) atoms. The predicted molar refractivity (Wildman–Crippen MR) is 121 cm³/mol. The summed E-state index contributed by atoms with van der Waals surface area (Å²) in [4.78, 5) is 31.8. The molecule has 0 aliphatic carbocycles. The first kappa shape index (κ1) is 19.8. The maximum absolute atomic E-state index is 13.5. The topological polar surface area (TPSA) is 83.7 Å². The maximum atomic E-state index is 13.5. The van der Waals surface area contributed by atoms with Crippen LogP contribution in [-0.4, -0.2) is 46.7 Å². The molecule has 2 aliphatic rings. The Labute approximate surface area is 184 Å². The zero-order valence-electron chi connectivity index (χ0n) is 17.7. The molecule has 0 radical (unpaired) electrons. The van der Waals surface area contributed by atoms with Crippen LogP contribution in [0.15, 0.2) is 42.6 Å². The van der Waals surface area contributed by atoms with E-state index < -0.39 is 10.8 Å². The molecule has 5 rings (SSSR count). The lowest BCUT2D eigenvalue weighted by Gasteiger charge is -2.29. The van der Waals surface area contributed by atoms with Crippen LogP contribution in [0.25, 0.3) is 10.9 Å². The van der Waals surface area contributed by atoms with Gasteiger partial charge < -0.3 is 24.7 Å². The van der Waals surface area contributed by atoms with Gasteiger partial charge in [-0.1, -0.05) is 6.07 Å². The quantitative estimate of drug-likeness (QED) is 0.640. The van der Waals surface area contributed by atoms with E-state index in [0.717, 1.165) is 16.5 Å². The Morgan fingerprint density at radius 3 is 2.71 bits per heavy atom. The summed E-state index contributed by atoms with van der Waals surface area (Å²) < 4.78 is 10.4. The Hall–Kier alpha value is -3.13. The first-order valence-corrected chi connectivity index (χ1v) is 10.9. The van der Waals surface area contributed by atoms with Gasteiger partial charge >= 0.3 is 0 Å². The van der Waals surface area contributed by atoms with E-state index in [2.05, 4.69) is 10.3 Å². The van der Waals surface area contributed by atoms with Crippen molar-refractivity contribution in [1.29, 1.82) is 0 Å². The number of methoxy groups -OCH3 is 2. The smallest absolute Gasteiger partial charge is 0.260 e. The van der Waals surface area contributed by atoms with Gasteiger partial charge in [0.25, 0.3) is 5.91 Å². The van der Waals surface area contributed by atoms with E-state index in [1.807, 2.05) is 56.4 Å². The number of carbonyl (C=O) groups is 2. The van der Waals surface area contributed by atoms with E-state index >= 15 is 0 Å². The van der Waals surface area contributed by atoms with Crippen LogP contribution in [0.2, 0.25) is 0 Å². The summed E-state index contributed by atoms with van der Waals surface area (Å²) in [5, 5.41) is 3.78. The third-order valence-electron chi connectivity index (χ3n) is 5.97. The van der Waals surface area contributed by atoms with Crippen molar-refractivity contribution in [3.05, 3.63) is 53.7 Å². The molecule has 3 heterocycles. The standard InChI is InChI=1S/C23H23N3O4S/c1-23(2)19(20(27)25-13-5-7-15-12(11-13)9-10-24-15)26-21(28)17-14(22(26)31-23)6-8-16(29-3)18(17)30-4/h5-11,19,22,24H,1-4H3,(H,25,27)/t19-,22+/m1/s1. The zero-order chi connectivity index (χ0) is 21.9. The van der Waals surface area contributed by atoms with Crippen molar-refractivity contribution in [2.24, 2.45) is 0 Å². The van der Waals surface area contributed by atoms with Crippen molar-refractivity contribution < 1.29 is 19.1 Å². The highest BCUT2D eigenvalue weighted by atomic mass is 32.2. The molecule has 2 amide bonds. The summed E-state index contributed by atoms with van der Waals surface area (Å²) in [6, 6.07) is 10.7. The second-order valence-corrected chi connectivity index (χ2v) is 9.96. The summed E-state index contributed by atoms with van der Waals surface area (Å²) in [6.45, 7) is 4.01. The van der Waals surface area contributed by atoms with Gasteiger partial charge in [0.1, 0.15) is 11.4 Å². The average Bonchev–Trinajstić information content (AvgIpc) is 3.39. The number of hydrogen-bond donors (Lipinski definition) is 2. The van der Waals surface area contributed by atoms with Crippen LogP contribution in [0, 0.1) is 0 Å². The van der Waals surface area contributed by atoms with Gasteiger partial charge in [-0.3, -0.25) is 9.59 Å². The fraction of sp³-hybridized carbons (Fsp3) is 0.304. The summed E-state index contributed by atoms with van der Waals surface area (Å²) in [7, 11) is 3.06. The maximum Gasteiger partial charge on any atom is 0.260 e. The number of carbonyl (C=O) groups excluding carboxylic acids is 2. The van der Waals surface area contributed by atoms with Gasteiger partial charge in [0.15, 0.2) is 11.5 Å². The van der Waals surface area contributed by atoms with Crippen molar-refractivity contribution in [2.45, 2.75) is 30.0 Å². The highest BCUT2D eigenvalue weighted by Crippen LogP contribution is 2.58. The molecule has 2 aliphatic heterocycles. The second-order valence-electron chi connectivity index (χ2n) is 8.22. The molecule has 2 atom stereocenters. The molecular weight excluding hydrogens is 414 g/mol. The van der Waals surface area contributed by atoms with Crippen molar-refractivity contribution in [2.75, 3.05) is 19.5 Å². The first-order valence-electron chi connectivity index (χ1n) is 9.99. The molecule has 2 N–H and O–H groups in total. The number of rotatable bonds is 4. The first-order chi connectivity index (χ1) is 14.9. The van der Waals surface area contributed by atoms with E-state index in [0.29, 0.717) is 22.7 Å². The monoisotopic (exact) mass is 437 g/mol. The molecule has 1 saturated heterocycles. The Morgan fingerprint density at radius 1 is 1.16 bits per heavy atom. The molecule has 3 aromatic rings. The number of amides is 2. The normalized spacial score (nSPS) is 21.2. The molecule has 0 spiro atoms. The predicted octanol–water partition coefficient (Wildman–Crippen LogP) is 4.17. The summed E-state index contributed by atoms with van der Waals surface area (Å²) in [5.74, 6) is 0.493. The van der Waals surface area contributed by atoms with Crippen molar-refractivity contribution >= 4 is 40.2 Å². The van der Waals surface area contributed by atoms with E-state index in [1.165, 1.54) is 7.11 Å². The highest BCUT2D eigenvalue weighted by molar-refractivity contribution is 8.01. The van der Waals surface area contributed by atoms with E-state index in [1.54, 1.807) is 23.8 Å². The minimum Gasteiger partial charge on any atom is -0.493 e. The van der Waals surface area contributed by atoms with Gasteiger partial charge in [0.2, 0.25) is 5.91 Å². The number of ether oxygens (including phenoxy) is 2. The zero-order valence-corrected chi connectivity index (χ0v) is 18.5. The van der Waals surface area contributed by atoms with Crippen LogP contribution in [0.1, 0.15) is 35.1 Å². The van der Waals surface area contributed by atoms with Crippen LogP contribution in [-0.2, 0) is 4.79 Å². The van der Waals surface area contributed by atoms with Crippen LogP contribution in [0.3, 0.4) is 0 Å². The molecule has 0 bridgehead atoms. The Balaban J connectivity index is 1.51. The lowest BCUT2D eigenvalue weighted by atomic mass is 10.0. The number of aromatic amines is 1. The summed E-state index contributed by atoms with van der Waals surface area (Å²) in [6.07, 6.45) is 1.86. The minimum atomic E-state index is -0.639. The fourth-order valence-electron chi connectivity index (χ4n) is 4.60. The minimum absolute atomic E-state index is 0.207. The van der Waals surface area contributed by atoms with E-state index in [9.17, 15) is 9.59 Å². The number of thioether (sulfide) groups is 1. The van der Waals surface area contributed by atoms with E-state index in [-0.39, 0.29) is 17.2 Å². The third kappa shape index (κ3) is 2.89. The molecule has 0 saturated carbocycles. The molecule has 8 heteroatoms. The van der Waals surface area contributed by atoms with Crippen LogP contribution >= 0.6 is 11.8 Å². The van der Waals surface area contributed by atoms with Gasteiger partial charge in [-0.05, 0) is 44.2 Å². The van der Waals surface area contributed by atoms with E-state index in [4.69, 9.17) is 9.47 Å². The number of nitrogens with one attached hydrogen (secondary N) is 2. The fourth-order valence-corrected chi connectivity index (χ4v) is 6.18. The van der Waals surface area contributed by atoms with Gasteiger partial charge in [-0.15, -0.1) is 11.8 Å². The van der Waals surface area contributed by atoms with Gasteiger partial charge in [-0.2, -0.15) is 0 Å². The molecule has 7 nitrogen and oxygen atoms in total. The van der Waals surface area contributed by atoms with Gasteiger partial charge in [-0.25, -0.2) is 0 Å². The summed E-state index contributed by atoms with van der Waals surface area (Å²) >= 11 is 1.61. The highest BCUT2D eigenvalue weighted by Gasteiger charge is 2.58. The molecule has 1 aromatic heterocycles. The second kappa shape index (κ2) is 6.95. The Morgan fingerprint density at radius 2 is 1.97 bits per heavy atom. The number of hydrogen-bond acceptors (Lipinski definition) is 5. The summed E-state index contributed by atoms with van der Waals surface area (Å²) in [5.41, 5.74) is 3.02. The average molecular weight is 438 g/mol. The third-order valence-corrected chi connectivity index (χ3v) is 7.50. The molecule has 2 aromatic carbocycles. The number of anilines is 1. The van der Waals surface area contributed by atoms with Crippen LogP contribution in [0.5, 0.6) is 11.5 Å². The Bertz CT molecular complexity index is 1220. The lowest BCUT2D eigenvalue weighted by Crippen LogP contribution is -2.50. The van der Waals surface area contributed by atoms with Gasteiger partial charge in [0, 0.05) is 33.1 Å². The molecular formula is C23H23N3O4S. The largest absolute Gasteiger partial charge is 0.493 e. The number of aromatic nitrogens is 1. The Kier molecular flexibility index (Phi) is 4.44. The number of nitrogens with zero attached hydrogens (tertiary/aromatic N) is 1. The van der Waals surface area contributed by atoms with Crippen LogP contribution in [0.4, 0.5) is 5.69 Å². The van der Waals surface area contributed by atoms with Gasteiger partial charge in [0.05, 0.1) is 19.8 Å². The number of benzene rings is 2. The SMILES string of the molecule is COc1ccc2c(c1OC)C(=O)N1[C@H]2SC(C)(C)[C@H]1C(=O)Nc1ccc2[nH]ccc2c1. The molecule has 0 unspecified atom stereocenters. The van der Waals surface area contributed by atoms with Crippen molar-refractivity contribution in [3.63, 3.8) is 0 Å². The lowest BCUT2D eigenvalue weighted by molar-refractivity contribution is -0.121. The molecule has 1 fully saturated rings. The number of H-pyrrole nitrogens is 1. The van der Waals surface area contributed by atoms with Crippen molar-refractivity contribution in [1.82, 2.24) is 9.88 Å². The van der Waals surface area contributed by atoms with Crippen molar-refractivity contribution in [3.8, 4) is 11.5 Å².